The minimum Gasteiger partial charge on any atom is -0.449 e. The number of thioether (sulfide) groups is 1. The number of aromatic nitrogens is 2. The summed E-state index contributed by atoms with van der Waals surface area (Å²) in [4.78, 5) is 38.9. The molecular weight excluding hydrogens is 609 g/mol. The van der Waals surface area contributed by atoms with Crippen molar-refractivity contribution < 1.29 is 33.4 Å². The maximum Gasteiger partial charge on any atom is 0.306 e. The van der Waals surface area contributed by atoms with E-state index in [-0.39, 0.29) is 35.5 Å². The molecule has 11 heteroatoms. The third-order valence-corrected chi connectivity index (χ3v) is 12.3. The van der Waals surface area contributed by atoms with Crippen molar-refractivity contribution in [3.8, 4) is 5.69 Å². The highest BCUT2D eigenvalue weighted by molar-refractivity contribution is 8.13. The van der Waals surface area contributed by atoms with E-state index in [0.29, 0.717) is 56.2 Å². The molecular formula is C35H44FN3O6S. The summed E-state index contributed by atoms with van der Waals surface area (Å²) in [6.07, 6.45) is 7.23. The molecule has 1 amide bonds. The van der Waals surface area contributed by atoms with E-state index >= 15 is 0 Å². The Bertz CT molecular complexity index is 1560. The number of allylic oxidation sites excluding steroid dienone is 1. The van der Waals surface area contributed by atoms with Gasteiger partial charge < -0.3 is 19.9 Å². The van der Waals surface area contributed by atoms with E-state index in [4.69, 9.17) is 14.6 Å². The first-order chi connectivity index (χ1) is 22.0. The zero-order valence-corrected chi connectivity index (χ0v) is 27.8. The molecule has 1 heterocycles. The van der Waals surface area contributed by atoms with Gasteiger partial charge in [-0.25, -0.2) is 9.07 Å². The van der Waals surface area contributed by atoms with E-state index < -0.39 is 34.2 Å². The molecule has 1 aromatic heterocycles. The number of alkyl halides is 1. The number of ether oxygens (including phenoxy) is 2. The van der Waals surface area contributed by atoms with Crippen molar-refractivity contribution in [1.82, 2.24) is 15.1 Å². The Morgan fingerprint density at radius 1 is 1.24 bits per heavy atom. The second kappa shape index (κ2) is 12.5. The first-order valence-corrected chi connectivity index (χ1v) is 17.3. The Kier molecular flexibility index (Phi) is 8.97. The van der Waals surface area contributed by atoms with E-state index in [1.165, 1.54) is 5.57 Å². The van der Waals surface area contributed by atoms with Crippen LogP contribution in [-0.4, -0.2) is 69.9 Å². The maximum atomic E-state index is 13.5. The average Bonchev–Trinajstić information content (AvgIpc) is 3.57. The summed E-state index contributed by atoms with van der Waals surface area (Å²) in [6, 6.07) is 6.53. The maximum absolute atomic E-state index is 13.5. The predicted octanol–water partition coefficient (Wildman–Crippen LogP) is 5.28. The molecule has 4 aliphatic rings. The van der Waals surface area contributed by atoms with Crippen LogP contribution in [0, 0.1) is 28.6 Å². The van der Waals surface area contributed by atoms with Gasteiger partial charge in [0.15, 0.2) is 5.60 Å². The van der Waals surface area contributed by atoms with Crippen molar-refractivity contribution in [2.45, 2.75) is 77.4 Å². The van der Waals surface area contributed by atoms with Crippen LogP contribution in [0.2, 0.25) is 0 Å². The molecule has 9 nitrogen and oxygen atoms in total. The van der Waals surface area contributed by atoms with Crippen LogP contribution in [0.4, 0.5) is 4.39 Å². The highest BCUT2D eigenvalue weighted by atomic mass is 32.2. The summed E-state index contributed by atoms with van der Waals surface area (Å²) in [7, 11) is 1.59. The number of hydrogen-bond donors (Lipinski definition) is 2. The van der Waals surface area contributed by atoms with E-state index in [2.05, 4.69) is 18.3 Å². The molecule has 0 saturated heterocycles. The van der Waals surface area contributed by atoms with Crippen molar-refractivity contribution in [3.63, 3.8) is 0 Å². The predicted molar refractivity (Wildman–Crippen MR) is 173 cm³/mol. The minimum absolute atomic E-state index is 0.0509. The standard InChI is InChI=1S/C35H44FN3O6S/c1-5-29(41)45-35(32(43)46-20-36)12-11-26-25-10-9-23-16-27-22(17-33(23,2)30(25)28(40)18-34(26,35)3)19-38-39(27)24-8-6-7-21(15-24)31(42)37-13-14-44-4/h6-8,15-16,19,25-26,28,30,40H,5,9-14,17-18,20H2,1-4H3,(H,37,42)/t25-,26?,28-,30?,33-,34-,35-/m0/s1. The van der Waals surface area contributed by atoms with Crippen molar-refractivity contribution in [3.05, 3.63) is 52.9 Å². The third-order valence-electron chi connectivity index (χ3n) is 11.6. The second-order valence-corrected chi connectivity index (χ2v) is 14.7. The van der Waals surface area contributed by atoms with E-state index in [1.54, 1.807) is 20.1 Å². The third kappa shape index (κ3) is 5.13. The molecule has 0 spiro atoms. The SMILES string of the molecule is CCC(=O)O[C@]1(C(=O)SCF)CCC2[C@@H]3CCC4=Cc5c(cnn5-c5cccc(C(=O)NCCOC)c5)C[C@]4(C)C3[C@@H](O)C[C@@]21C. The molecule has 2 aromatic rings. The summed E-state index contributed by atoms with van der Waals surface area (Å²) in [5.41, 5.74) is 2.11. The molecule has 3 fully saturated rings. The lowest BCUT2D eigenvalue weighted by atomic mass is 9.45. The van der Waals surface area contributed by atoms with Gasteiger partial charge in [-0.05, 0) is 103 Å². The number of amides is 1. The molecule has 6 rings (SSSR count). The van der Waals surface area contributed by atoms with Crippen LogP contribution in [0.3, 0.4) is 0 Å². The van der Waals surface area contributed by atoms with Gasteiger partial charge in [0, 0.05) is 31.1 Å². The number of nitrogens with one attached hydrogen (secondary N) is 1. The molecule has 4 aliphatic carbocycles. The normalized spacial score (nSPS) is 32.8. The molecule has 2 N–H and O–H groups in total. The summed E-state index contributed by atoms with van der Waals surface area (Å²) < 4.78 is 26.4. The van der Waals surface area contributed by atoms with Gasteiger partial charge in [-0.1, -0.05) is 32.4 Å². The van der Waals surface area contributed by atoms with Crippen molar-refractivity contribution in [2.75, 3.05) is 26.3 Å². The fraction of sp³-hybridized carbons (Fsp3) is 0.600. The van der Waals surface area contributed by atoms with Gasteiger partial charge >= 0.3 is 5.97 Å². The monoisotopic (exact) mass is 653 g/mol. The molecule has 0 bridgehead atoms. The van der Waals surface area contributed by atoms with Gasteiger partial charge in [0.1, 0.15) is 6.01 Å². The summed E-state index contributed by atoms with van der Waals surface area (Å²) in [5, 5.41) is 19.2. The molecule has 46 heavy (non-hydrogen) atoms. The average molecular weight is 654 g/mol. The van der Waals surface area contributed by atoms with E-state index in [9.17, 15) is 23.9 Å². The largest absolute Gasteiger partial charge is 0.449 e. The van der Waals surface area contributed by atoms with Crippen molar-refractivity contribution in [2.24, 2.45) is 28.6 Å². The van der Waals surface area contributed by atoms with Gasteiger partial charge in [0.05, 0.1) is 30.3 Å². The van der Waals surface area contributed by atoms with E-state index in [1.807, 2.05) is 36.0 Å². The quantitative estimate of drug-likeness (QED) is 0.277. The molecule has 2 unspecified atom stereocenters. The highest BCUT2D eigenvalue weighted by Crippen LogP contribution is 2.69. The number of carbonyl (C=O) groups excluding carboxylic acids is 3. The van der Waals surface area contributed by atoms with Gasteiger partial charge in [-0.3, -0.25) is 14.4 Å². The number of rotatable bonds is 9. The van der Waals surface area contributed by atoms with Crippen LogP contribution in [0.25, 0.3) is 11.8 Å². The molecule has 7 atom stereocenters. The first kappa shape index (κ1) is 32.9. The van der Waals surface area contributed by atoms with Crippen LogP contribution in [-0.2, 0) is 25.5 Å². The summed E-state index contributed by atoms with van der Waals surface area (Å²) in [5.74, 6) is -0.530. The number of aliphatic hydroxyl groups is 1. The Balaban J connectivity index is 1.30. The first-order valence-electron chi connectivity index (χ1n) is 16.3. The fourth-order valence-electron chi connectivity index (χ4n) is 9.50. The van der Waals surface area contributed by atoms with Crippen LogP contribution in [0.1, 0.15) is 80.9 Å². The molecule has 3 saturated carbocycles. The molecule has 248 valence electrons. The number of hydrogen-bond acceptors (Lipinski definition) is 8. The van der Waals surface area contributed by atoms with Crippen molar-refractivity contribution in [1.29, 1.82) is 0 Å². The fourth-order valence-corrected chi connectivity index (χ4v) is 10.2. The van der Waals surface area contributed by atoms with E-state index in [0.717, 1.165) is 29.8 Å². The topological polar surface area (TPSA) is 120 Å². The Morgan fingerprint density at radius 2 is 2.04 bits per heavy atom. The zero-order chi connectivity index (χ0) is 32.9. The van der Waals surface area contributed by atoms with Crippen LogP contribution >= 0.6 is 11.8 Å². The molecule has 0 aliphatic heterocycles. The number of esters is 1. The van der Waals surface area contributed by atoms with Crippen molar-refractivity contribution >= 4 is 34.8 Å². The van der Waals surface area contributed by atoms with Gasteiger partial charge in [-0.15, -0.1) is 0 Å². The lowest BCUT2D eigenvalue weighted by Crippen LogP contribution is -2.62. The Hall–Kier alpha value is -3.02. The number of aliphatic hydroxyl groups excluding tert-OH is 1. The number of methoxy groups -OCH3 is 1. The number of nitrogens with zero attached hydrogens (tertiary/aromatic N) is 2. The van der Waals surface area contributed by atoms with Crippen LogP contribution in [0.5, 0.6) is 0 Å². The summed E-state index contributed by atoms with van der Waals surface area (Å²) in [6.45, 7) is 6.77. The zero-order valence-electron chi connectivity index (χ0n) is 27.0. The minimum atomic E-state index is -1.44. The lowest BCUT2D eigenvalue weighted by molar-refractivity contribution is -0.196. The number of benzene rings is 1. The number of halogens is 1. The number of carbonyl (C=O) groups is 3. The van der Waals surface area contributed by atoms with Gasteiger partial charge in [0.25, 0.3) is 5.91 Å². The summed E-state index contributed by atoms with van der Waals surface area (Å²) >= 11 is 0.571. The van der Waals surface area contributed by atoms with Gasteiger partial charge in [0.2, 0.25) is 5.12 Å². The number of fused-ring (bicyclic) bond motifs is 6. The Labute approximate surface area is 273 Å². The lowest BCUT2D eigenvalue weighted by Gasteiger charge is -2.60. The van der Waals surface area contributed by atoms with Gasteiger partial charge in [-0.2, -0.15) is 5.10 Å². The highest BCUT2D eigenvalue weighted by Gasteiger charge is 2.70. The van der Waals surface area contributed by atoms with Crippen LogP contribution in [0.15, 0.2) is 36.0 Å². The molecule has 0 radical (unpaired) electrons. The smallest absolute Gasteiger partial charge is 0.306 e. The molecule has 1 aromatic carbocycles. The second-order valence-electron chi connectivity index (χ2n) is 13.8. The van der Waals surface area contributed by atoms with Crippen LogP contribution < -0.4 is 5.32 Å². The Morgan fingerprint density at radius 3 is 2.78 bits per heavy atom.